The highest BCUT2D eigenvalue weighted by atomic mass is 16.6. The predicted octanol–water partition coefficient (Wildman–Crippen LogP) is 0.436. The molecule has 8 heteroatoms. The Labute approximate surface area is 147 Å². The number of nitrogens with two attached hydrogens (primary N) is 1. The van der Waals surface area contributed by atoms with Gasteiger partial charge in [0.15, 0.2) is 0 Å². The van der Waals surface area contributed by atoms with E-state index >= 15 is 0 Å². The van der Waals surface area contributed by atoms with Crippen LogP contribution >= 0.6 is 0 Å². The Morgan fingerprint density at radius 1 is 0.833 bits per heavy atom. The van der Waals surface area contributed by atoms with Crippen molar-refractivity contribution in [1.29, 1.82) is 0 Å². The van der Waals surface area contributed by atoms with Gasteiger partial charge in [0.05, 0.1) is 53.0 Å². The number of nitrogens with one attached hydrogen (secondary N) is 1. The number of hydrogen-bond acceptors (Lipinski definition) is 8. The number of carbonyl (C=O) groups is 1. The largest absolute Gasteiger partial charge is 0.378 e. The molecule has 24 heavy (non-hydrogen) atoms. The van der Waals surface area contributed by atoms with Crippen LogP contribution in [0.2, 0.25) is 0 Å². The third-order valence-corrected chi connectivity index (χ3v) is 2.12. The smallest absolute Gasteiger partial charge is 0.145 e. The van der Waals surface area contributed by atoms with Crippen molar-refractivity contribution in [2.24, 2.45) is 5.73 Å². The maximum atomic E-state index is 9.44. The van der Waals surface area contributed by atoms with Crippen LogP contribution < -0.4 is 11.1 Å². The SMILES string of the molecule is CC.CCOCC=O.CNCCOCCOCCOCCOCN. The zero-order chi connectivity index (χ0) is 18.7. The summed E-state index contributed by atoms with van der Waals surface area (Å²) in [5.41, 5.74) is 5.14. The lowest BCUT2D eigenvalue weighted by molar-refractivity contribution is -0.111. The van der Waals surface area contributed by atoms with Gasteiger partial charge in [-0.25, -0.2) is 0 Å². The molecular formula is C16H38N2O6. The molecule has 0 fully saturated rings. The summed E-state index contributed by atoms with van der Waals surface area (Å²) in [7, 11) is 1.89. The zero-order valence-corrected chi connectivity index (χ0v) is 15.9. The second-order valence-corrected chi connectivity index (χ2v) is 3.84. The first kappa shape index (κ1) is 28.2. The van der Waals surface area contributed by atoms with Gasteiger partial charge >= 0.3 is 0 Å². The van der Waals surface area contributed by atoms with E-state index in [0.29, 0.717) is 52.9 Å². The molecule has 0 heterocycles. The molecule has 3 N–H and O–H groups in total. The predicted molar refractivity (Wildman–Crippen MR) is 95.3 cm³/mol. The van der Waals surface area contributed by atoms with E-state index in [2.05, 4.69) is 10.1 Å². The highest BCUT2D eigenvalue weighted by Crippen LogP contribution is 1.81. The first-order chi connectivity index (χ1) is 11.8. The zero-order valence-electron chi connectivity index (χ0n) is 15.9. The molecule has 0 unspecified atom stereocenters. The van der Waals surface area contributed by atoms with Crippen molar-refractivity contribution in [1.82, 2.24) is 5.32 Å². The maximum Gasteiger partial charge on any atom is 0.145 e. The molecule has 0 aliphatic heterocycles. The van der Waals surface area contributed by atoms with Crippen LogP contribution in [0.5, 0.6) is 0 Å². The van der Waals surface area contributed by atoms with Gasteiger partial charge in [-0.3, -0.25) is 0 Å². The summed E-state index contributed by atoms with van der Waals surface area (Å²) in [5, 5.41) is 3.00. The standard InChI is InChI=1S/C10H24N2O4.C4H8O2.C2H6/c1-12-2-3-13-4-5-14-6-7-15-8-9-16-10-11;1-2-6-4-3-5;1-2/h12H,2-11H2,1H3;3H,2,4H2,1H3;1-2H3. The average Bonchev–Trinajstić information content (AvgIpc) is 2.63. The van der Waals surface area contributed by atoms with E-state index in [1.54, 1.807) is 0 Å². The molecule has 0 radical (unpaired) electrons. The van der Waals surface area contributed by atoms with Gasteiger partial charge in [0.2, 0.25) is 0 Å². The van der Waals surface area contributed by atoms with E-state index in [1.807, 2.05) is 27.8 Å². The van der Waals surface area contributed by atoms with Gasteiger partial charge in [0.25, 0.3) is 0 Å². The molecule has 0 aliphatic rings. The lowest BCUT2D eigenvalue weighted by Crippen LogP contribution is -2.17. The van der Waals surface area contributed by atoms with E-state index in [4.69, 9.17) is 24.7 Å². The average molecular weight is 354 g/mol. The van der Waals surface area contributed by atoms with E-state index in [1.165, 1.54) is 0 Å². The van der Waals surface area contributed by atoms with Crippen LogP contribution in [0.15, 0.2) is 0 Å². The van der Waals surface area contributed by atoms with Crippen molar-refractivity contribution >= 4 is 6.29 Å². The topological polar surface area (TPSA) is 101 Å². The molecule has 0 aliphatic carbocycles. The molecule has 0 saturated carbocycles. The molecule has 0 aromatic rings. The molecule has 0 amide bonds. The minimum absolute atomic E-state index is 0.233. The molecule has 0 atom stereocenters. The van der Waals surface area contributed by atoms with Crippen LogP contribution in [-0.2, 0) is 28.5 Å². The van der Waals surface area contributed by atoms with Gasteiger partial charge in [0.1, 0.15) is 12.9 Å². The van der Waals surface area contributed by atoms with E-state index in [9.17, 15) is 4.79 Å². The molecule has 0 aromatic heterocycles. The van der Waals surface area contributed by atoms with Crippen LogP contribution in [0.3, 0.4) is 0 Å². The summed E-state index contributed by atoms with van der Waals surface area (Å²) in [6, 6.07) is 0. The summed E-state index contributed by atoms with van der Waals surface area (Å²) in [5.74, 6) is 0. The number of likely N-dealkylation sites (N-methyl/N-ethyl adjacent to an activating group) is 1. The molecule has 0 saturated heterocycles. The van der Waals surface area contributed by atoms with E-state index < -0.39 is 0 Å². The van der Waals surface area contributed by atoms with E-state index in [0.717, 1.165) is 12.8 Å². The number of rotatable bonds is 16. The Morgan fingerprint density at radius 2 is 1.29 bits per heavy atom. The van der Waals surface area contributed by atoms with Crippen LogP contribution in [0.4, 0.5) is 0 Å². The van der Waals surface area contributed by atoms with Crippen molar-refractivity contribution in [3.63, 3.8) is 0 Å². The summed E-state index contributed by atoms with van der Waals surface area (Å²) < 4.78 is 25.3. The van der Waals surface area contributed by atoms with Crippen LogP contribution in [0.1, 0.15) is 20.8 Å². The van der Waals surface area contributed by atoms with Crippen LogP contribution in [0, 0.1) is 0 Å². The van der Waals surface area contributed by atoms with Gasteiger partial charge < -0.3 is 39.5 Å². The minimum atomic E-state index is 0.233. The third kappa shape index (κ3) is 37.5. The fraction of sp³-hybridized carbons (Fsp3) is 0.938. The Kier molecular flexibility index (Phi) is 39.8. The van der Waals surface area contributed by atoms with Crippen molar-refractivity contribution in [2.75, 3.05) is 79.8 Å². The molecule has 0 rings (SSSR count). The van der Waals surface area contributed by atoms with Crippen LogP contribution in [0.25, 0.3) is 0 Å². The quantitative estimate of drug-likeness (QED) is 0.234. The summed E-state index contributed by atoms with van der Waals surface area (Å²) >= 11 is 0. The monoisotopic (exact) mass is 354 g/mol. The number of carbonyl (C=O) groups excluding carboxylic acids is 1. The normalized spacial score (nSPS) is 9.54. The molecule has 0 aromatic carbocycles. The first-order valence-electron chi connectivity index (χ1n) is 8.50. The van der Waals surface area contributed by atoms with Gasteiger partial charge in [0, 0.05) is 13.2 Å². The second-order valence-electron chi connectivity index (χ2n) is 3.84. The minimum Gasteiger partial charge on any atom is -0.378 e. The van der Waals surface area contributed by atoms with Crippen LogP contribution in [-0.4, -0.2) is 86.1 Å². The number of ether oxygens (including phenoxy) is 5. The fourth-order valence-corrected chi connectivity index (χ4v) is 1.08. The lowest BCUT2D eigenvalue weighted by atomic mass is 10.6. The lowest BCUT2D eigenvalue weighted by Gasteiger charge is -2.06. The Hall–Kier alpha value is -0.610. The Bertz CT molecular complexity index is 185. The van der Waals surface area contributed by atoms with Crippen molar-refractivity contribution in [3.8, 4) is 0 Å². The van der Waals surface area contributed by atoms with Gasteiger partial charge in [-0.15, -0.1) is 0 Å². The van der Waals surface area contributed by atoms with Crippen molar-refractivity contribution in [2.45, 2.75) is 20.8 Å². The highest BCUT2D eigenvalue weighted by molar-refractivity contribution is 5.50. The second kappa shape index (κ2) is 33.9. The maximum absolute atomic E-state index is 9.44. The molecule has 8 nitrogen and oxygen atoms in total. The third-order valence-electron chi connectivity index (χ3n) is 2.12. The fourth-order valence-electron chi connectivity index (χ4n) is 1.08. The first-order valence-corrected chi connectivity index (χ1v) is 8.50. The summed E-state index contributed by atoms with van der Waals surface area (Å²) in [6.07, 6.45) is 0.740. The van der Waals surface area contributed by atoms with Gasteiger partial charge in [-0.2, -0.15) is 0 Å². The summed E-state index contributed by atoms with van der Waals surface area (Å²) in [6.45, 7) is 12.0. The Morgan fingerprint density at radius 3 is 1.62 bits per heavy atom. The number of hydrogen-bond donors (Lipinski definition) is 2. The van der Waals surface area contributed by atoms with Crippen molar-refractivity contribution in [3.05, 3.63) is 0 Å². The number of aldehydes is 1. The van der Waals surface area contributed by atoms with Gasteiger partial charge in [-0.1, -0.05) is 13.8 Å². The molecule has 0 bridgehead atoms. The Balaban J connectivity index is -0.000000462. The highest BCUT2D eigenvalue weighted by Gasteiger charge is 1.91. The van der Waals surface area contributed by atoms with Gasteiger partial charge in [-0.05, 0) is 14.0 Å². The molecular weight excluding hydrogens is 316 g/mol. The summed E-state index contributed by atoms with van der Waals surface area (Å²) in [4.78, 5) is 9.44. The van der Waals surface area contributed by atoms with E-state index in [-0.39, 0.29) is 13.3 Å². The molecule has 0 spiro atoms. The molecule has 148 valence electrons. The van der Waals surface area contributed by atoms with Crippen molar-refractivity contribution < 1.29 is 28.5 Å².